The van der Waals surface area contributed by atoms with Crippen LogP contribution in [-0.4, -0.2) is 29.4 Å². The number of amides is 1. The Balaban J connectivity index is 2.35. The molecule has 1 amide bonds. The Labute approximate surface area is 128 Å². The number of rotatable bonds is 2. The third kappa shape index (κ3) is 3.46. The van der Waals surface area contributed by atoms with Crippen molar-refractivity contribution in [3.63, 3.8) is 0 Å². The molecule has 2 N–H and O–H groups in total. The number of piperidine rings is 1. The highest BCUT2D eigenvalue weighted by molar-refractivity contribution is 5.96. The van der Waals surface area contributed by atoms with Crippen LogP contribution in [0.1, 0.15) is 62.9 Å². The summed E-state index contributed by atoms with van der Waals surface area (Å²) in [5.41, 5.74) is 8.01. The predicted octanol–water partition coefficient (Wildman–Crippen LogP) is 3.33. The summed E-state index contributed by atoms with van der Waals surface area (Å²) < 4.78 is 0. The molecule has 3 heteroatoms. The molecule has 0 spiro atoms. The molecule has 21 heavy (non-hydrogen) atoms. The van der Waals surface area contributed by atoms with Crippen LogP contribution in [0.3, 0.4) is 0 Å². The van der Waals surface area contributed by atoms with E-state index >= 15 is 0 Å². The molecule has 0 bridgehead atoms. The Hall–Kier alpha value is -1.35. The maximum atomic E-state index is 13.1. The fraction of sp³-hybridized carbons (Fsp3) is 0.611. The molecule has 1 aromatic rings. The van der Waals surface area contributed by atoms with Crippen LogP contribution in [0.4, 0.5) is 0 Å². The molecule has 3 nitrogen and oxygen atoms in total. The maximum Gasteiger partial charge on any atom is 0.254 e. The van der Waals surface area contributed by atoms with Gasteiger partial charge in [-0.05, 0) is 43.2 Å². The van der Waals surface area contributed by atoms with Crippen LogP contribution in [0, 0.1) is 0 Å². The van der Waals surface area contributed by atoms with Crippen molar-refractivity contribution in [3.8, 4) is 0 Å². The Morgan fingerprint density at radius 1 is 1.29 bits per heavy atom. The number of carbonyl (C=O) groups excluding carboxylic acids is 1. The molecule has 2 rings (SSSR count). The average Bonchev–Trinajstić information content (AvgIpc) is 2.45. The molecule has 1 aliphatic heterocycles. The standard InChI is InChI=1S/C18H28N2O/c1-13(19)16-11-7-8-12-20(16)17(21)14-9-5-6-10-15(14)18(2,3)4/h5-6,9-10,13,16H,7-8,11-12,19H2,1-4H3. The Bertz CT molecular complexity index is 502. The molecular weight excluding hydrogens is 260 g/mol. The highest BCUT2D eigenvalue weighted by atomic mass is 16.2. The summed E-state index contributed by atoms with van der Waals surface area (Å²) in [6.07, 6.45) is 3.25. The topological polar surface area (TPSA) is 46.3 Å². The number of hydrogen-bond acceptors (Lipinski definition) is 2. The van der Waals surface area contributed by atoms with Gasteiger partial charge in [0.25, 0.3) is 5.91 Å². The predicted molar refractivity (Wildman–Crippen MR) is 87.5 cm³/mol. The van der Waals surface area contributed by atoms with Gasteiger partial charge in [-0.15, -0.1) is 0 Å². The second-order valence-electron chi connectivity index (χ2n) is 7.22. The van der Waals surface area contributed by atoms with E-state index in [9.17, 15) is 4.79 Å². The number of carbonyl (C=O) groups is 1. The largest absolute Gasteiger partial charge is 0.334 e. The summed E-state index contributed by atoms with van der Waals surface area (Å²) in [5.74, 6) is 0.141. The second-order valence-corrected chi connectivity index (χ2v) is 7.22. The zero-order chi connectivity index (χ0) is 15.6. The maximum absolute atomic E-state index is 13.1. The van der Waals surface area contributed by atoms with Crippen molar-refractivity contribution in [1.29, 1.82) is 0 Å². The van der Waals surface area contributed by atoms with Gasteiger partial charge in [0.2, 0.25) is 0 Å². The average molecular weight is 288 g/mol. The molecule has 0 radical (unpaired) electrons. The molecule has 2 atom stereocenters. The molecular formula is C18H28N2O. The fourth-order valence-corrected chi connectivity index (χ4v) is 3.23. The van der Waals surface area contributed by atoms with Crippen molar-refractivity contribution < 1.29 is 4.79 Å². The van der Waals surface area contributed by atoms with E-state index in [1.165, 1.54) is 0 Å². The molecule has 2 unspecified atom stereocenters. The molecule has 1 fully saturated rings. The van der Waals surface area contributed by atoms with E-state index in [1.807, 2.05) is 30.0 Å². The van der Waals surface area contributed by atoms with E-state index in [0.29, 0.717) is 0 Å². The monoisotopic (exact) mass is 288 g/mol. The minimum Gasteiger partial charge on any atom is -0.334 e. The van der Waals surface area contributed by atoms with Gasteiger partial charge in [-0.3, -0.25) is 4.79 Å². The first kappa shape index (κ1) is 16.0. The van der Waals surface area contributed by atoms with Crippen molar-refractivity contribution in [1.82, 2.24) is 4.90 Å². The smallest absolute Gasteiger partial charge is 0.254 e. The van der Waals surface area contributed by atoms with Crippen molar-refractivity contribution >= 4 is 5.91 Å². The van der Waals surface area contributed by atoms with Crippen LogP contribution in [0.5, 0.6) is 0 Å². The zero-order valence-corrected chi connectivity index (χ0v) is 13.7. The second kappa shape index (κ2) is 6.18. The summed E-state index contributed by atoms with van der Waals surface area (Å²) in [6.45, 7) is 9.28. The summed E-state index contributed by atoms with van der Waals surface area (Å²) in [4.78, 5) is 15.1. The van der Waals surface area contributed by atoms with Crippen molar-refractivity contribution in [2.75, 3.05) is 6.54 Å². The van der Waals surface area contributed by atoms with Crippen LogP contribution >= 0.6 is 0 Å². The lowest BCUT2D eigenvalue weighted by Gasteiger charge is -2.39. The van der Waals surface area contributed by atoms with Gasteiger partial charge in [-0.25, -0.2) is 0 Å². The molecule has 1 aliphatic rings. The Morgan fingerprint density at radius 2 is 1.95 bits per heavy atom. The molecule has 0 aliphatic carbocycles. The lowest BCUT2D eigenvalue weighted by Crippen LogP contribution is -2.52. The van der Waals surface area contributed by atoms with E-state index in [0.717, 1.165) is 36.9 Å². The van der Waals surface area contributed by atoms with Crippen LogP contribution in [0.15, 0.2) is 24.3 Å². The lowest BCUT2D eigenvalue weighted by atomic mass is 9.83. The fourth-order valence-electron chi connectivity index (χ4n) is 3.23. The van der Waals surface area contributed by atoms with E-state index < -0.39 is 0 Å². The summed E-state index contributed by atoms with van der Waals surface area (Å²) in [6, 6.07) is 8.17. The lowest BCUT2D eigenvalue weighted by molar-refractivity contribution is 0.0581. The number of benzene rings is 1. The van der Waals surface area contributed by atoms with Crippen LogP contribution in [0.25, 0.3) is 0 Å². The SMILES string of the molecule is CC(N)C1CCCCN1C(=O)c1ccccc1C(C)(C)C. The first-order chi connectivity index (χ1) is 9.82. The minimum absolute atomic E-state index is 0.0241. The highest BCUT2D eigenvalue weighted by Crippen LogP contribution is 2.29. The molecule has 1 saturated heterocycles. The Kier molecular flexibility index (Phi) is 4.72. The van der Waals surface area contributed by atoms with Crippen molar-refractivity contribution in [2.24, 2.45) is 5.73 Å². The van der Waals surface area contributed by atoms with Crippen molar-refractivity contribution in [3.05, 3.63) is 35.4 Å². The summed E-state index contributed by atoms with van der Waals surface area (Å²) in [5, 5.41) is 0. The molecule has 116 valence electrons. The van der Waals surface area contributed by atoms with Gasteiger partial charge in [0.05, 0.1) is 0 Å². The first-order valence-electron chi connectivity index (χ1n) is 7.98. The molecule has 1 heterocycles. The number of nitrogens with two attached hydrogens (primary N) is 1. The first-order valence-corrected chi connectivity index (χ1v) is 7.98. The van der Waals surface area contributed by atoms with Crippen LogP contribution < -0.4 is 5.73 Å². The third-order valence-corrected chi connectivity index (χ3v) is 4.38. The van der Waals surface area contributed by atoms with Gasteiger partial charge in [-0.2, -0.15) is 0 Å². The van der Waals surface area contributed by atoms with E-state index in [1.54, 1.807) is 0 Å². The van der Waals surface area contributed by atoms with Gasteiger partial charge in [-0.1, -0.05) is 39.0 Å². The molecule has 0 aromatic heterocycles. The molecule has 1 aromatic carbocycles. The normalized spacial score (nSPS) is 21.2. The Morgan fingerprint density at radius 3 is 2.57 bits per heavy atom. The zero-order valence-electron chi connectivity index (χ0n) is 13.7. The third-order valence-electron chi connectivity index (χ3n) is 4.38. The quantitative estimate of drug-likeness (QED) is 0.907. The van der Waals surface area contributed by atoms with Gasteiger partial charge in [0.1, 0.15) is 0 Å². The van der Waals surface area contributed by atoms with Crippen LogP contribution in [0.2, 0.25) is 0 Å². The van der Waals surface area contributed by atoms with Crippen molar-refractivity contribution in [2.45, 2.75) is 64.5 Å². The highest BCUT2D eigenvalue weighted by Gasteiger charge is 2.32. The summed E-state index contributed by atoms with van der Waals surface area (Å²) in [7, 11) is 0. The summed E-state index contributed by atoms with van der Waals surface area (Å²) >= 11 is 0. The van der Waals surface area contributed by atoms with Gasteiger partial charge >= 0.3 is 0 Å². The van der Waals surface area contributed by atoms with Gasteiger partial charge in [0.15, 0.2) is 0 Å². The van der Waals surface area contributed by atoms with E-state index in [-0.39, 0.29) is 23.4 Å². The molecule has 0 saturated carbocycles. The van der Waals surface area contributed by atoms with E-state index in [2.05, 4.69) is 26.8 Å². The van der Waals surface area contributed by atoms with Gasteiger partial charge < -0.3 is 10.6 Å². The number of hydrogen-bond donors (Lipinski definition) is 1. The van der Waals surface area contributed by atoms with Gasteiger partial charge in [0, 0.05) is 24.2 Å². The number of likely N-dealkylation sites (tertiary alicyclic amines) is 1. The minimum atomic E-state index is -0.0358. The van der Waals surface area contributed by atoms with Crippen LogP contribution in [-0.2, 0) is 5.41 Å². The van der Waals surface area contributed by atoms with E-state index in [4.69, 9.17) is 5.73 Å². The number of nitrogens with zero attached hydrogens (tertiary/aromatic N) is 1.